The molecule has 1 unspecified atom stereocenters. The van der Waals surface area contributed by atoms with Crippen LogP contribution in [0.25, 0.3) is 5.52 Å². The molecule has 16 heavy (non-hydrogen) atoms. The van der Waals surface area contributed by atoms with Crippen LogP contribution in [0, 0.1) is 5.92 Å². The average molecular weight is 281 g/mol. The summed E-state index contributed by atoms with van der Waals surface area (Å²) in [6.45, 7) is 1.78. The van der Waals surface area contributed by atoms with Crippen molar-refractivity contribution in [3.05, 3.63) is 34.8 Å². The molecule has 3 nitrogen and oxygen atoms in total. The van der Waals surface area contributed by atoms with Gasteiger partial charge in [0, 0.05) is 30.3 Å². The quantitative estimate of drug-likeness (QED) is 0.846. The Kier molecular flexibility index (Phi) is 2.69. The van der Waals surface area contributed by atoms with E-state index >= 15 is 0 Å². The average Bonchev–Trinajstić information content (AvgIpc) is 2.89. The zero-order valence-corrected chi connectivity index (χ0v) is 10.5. The maximum absolute atomic E-state index is 5.39. The predicted molar refractivity (Wildman–Crippen MR) is 65.5 cm³/mol. The number of hydrogen-bond donors (Lipinski definition) is 0. The van der Waals surface area contributed by atoms with Crippen molar-refractivity contribution in [1.82, 2.24) is 9.38 Å². The SMILES string of the molecule is Brc1ccn2c(CC3CCOC3)ncc2c1. The third-order valence-electron chi connectivity index (χ3n) is 3.07. The number of rotatable bonds is 2. The molecular formula is C12H13BrN2O. The number of halogens is 1. The highest BCUT2D eigenvalue weighted by Gasteiger charge is 2.18. The molecule has 2 aromatic heterocycles. The monoisotopic (exact) mass is 280 g/mol. The lowest BCUT2D eigenvalue weighted by Crippen LogP contribution is -2.06. The minimum absolute atomic E-state index is 0.634. The van der Waals surface area contributed by atoms with Crippen molar-refractivity contribution in [2.75, 3.05) is 13.2 Å². The number of aromatic nitrogens is 2. The summed E-state index contributed by atoms with van der Waals surface area (Å²) in [5.74, 6) is 1.77. The lowest BCUT2D eigenvalue weighted by molar-refractivity contribution is 0.185. The molecule has 0 saturated carbocycles. The highest BCUT2D eigenvalue weighted by atomic mass is 79.9. The Morgan fingerprint density at radius 3 is 3.31 bits per heavy atom. The first kappa shape index (κ1) is 10.3. The van der Waals surface area contributed by atoms with E-state index in [1.807, 2.05) is 12.3 Å². The van der Waals surface area contributed by atoms with Crippen molar-refractivity contribution >= 4 is 21.4 Å². The molecule has 84 valence electrons. The Labute approximate surface area is 103 Å². The van der Waals surface area contributed by atoms with Gasteiger partial charge >= 0.3 is 0 Å². The van der Waals surface area contributed by atoms with Crippen molar-refractivity contribution < 1.29 is 4.74 Å². The van der Waals surface area contributed by atoms with Crippen molar-refractivity contribution in [3.8, 4) is 0 Å². The van der Waals surface area contributed by atoms with Gasteiger partial charge in [0.05, 0.1) is 11.7 Å². The van der Waals surface area contributed by atoms with Crippen LogP contribution in [-0.4, -0.2) is 22.6 Å². The summed E-state index contributed by atoms with van der Waals surface area (Å²) in [4.78, 5) is 4.49. The Morgan fingerprint density at radius 1 is 1.56 bits per heavy atom. The standard InChI is InChI=1S/C12H13BrN2O/c13-10-1-3-15-11(6-10)7-14-12(15)5-9-2-4-16-8-9/h1,3,6-7,9H,2,4-5,8H2. The van der Waals surface area contributed by atoms with Crippen molar-refractivity contribution in [2.24, 2.45) is 5.92 Å². The number of pyridine rings is 1. The molecule has 0 N–H and O–H groups in total. The summed E-state index contributed by atoms with van der Waals surface area (Å²) < 4.78 is 8.64. The van der Waals surface area contributed by atoms with Gasteiger partial charge in [-0.3, -0.25) is 0 Å². The molecule has 1 fully saturated rings. The second kappa shape index (κ2) is 4.18. The Hall–Kier alpha value is -0.870. The molecule has 0 amide bonds. The maximum atomic E-state index is 5.39. The van der Waals surface area contributed by atoms with E-state index in [1.54, 1.807) is 0 Å². The van der Waals surface area contributed by atoms with E-state index in [4.69, 9.17) is 4.74 Å². The van der Waals surface area contributed by atoms with Gasteiger partial charge in [0.2, 0.25) is 0 Å². The van der Waals surface area contributed by atoms with E-state index in [0.29, 0.717) is 5.92 Å². The highest BCUT2D eigenvalue weighted by Crippen LogP contribution is 2.20. The normalized spacial score (nSPS) is 20.7. The molecule has 1 aliphatic rings. The van der Waals surface area contributed by atoms with Crippen LogP contribution in [0.15, 0.2) is 29.0 Å². The third-order valence-corrected chi connectivity index (χ3v) is 3.56. The van der Waals surface area contributed by atoms with Gasteiger partial charge in [0.25, 0.3) is 0 Å². The van der Waals surface area contributed by atoms with Gasteiger partial charge in [0.1, 0.15) is 5.82 Å². The number of hydrogen-bond acceptors (Lipinski definition) is 2. The van der Waals surface area contributed by atoms with Crippen LogP contribution in [0.3, 0.4) is 0 Å². The summed E-state index contributed by atoms with van der Waals surface area (Å²) in [6.07, 6.45) is 6.16. The number of imidazole rings is 1. The van der Waals surface area contributed by atoms with Crippen molar-refractivity contribution in [2.45, 2.75) is 12.8 Å². The molecule has 0 aliphatic carbocycles. The Morgan fingerprint density at radius 2 is 2.50 bits per heavy atom. The molecule has 1 aliphatic heterocycles. The van der Waals surface area contributed by atoms with Crippen LogP contribution in [0.2, 0.25) is 0 Å². The number of fused-ring (bicyclic) bond motifs is 1. The van der Waals surface area contributed by atoms with Crippen molar-refractivity contribution in [3.63, 3.8) is 0 Å². The topological polar surface area (TPSA) is 26.5 Å². The smallest absolute Gasteiger partial charge is 0.113 e. The Bertz CT molecular complexity index is 503. The summed E-state index contributed by atoms with van der Waals surface area (Å²) in [6, 6.07) is 4.13. The summed E-state index contributed by atoms with van der Waals surface area (Å²) in [5, 5.41) is 0. The van der Waals surface area contributed by atoms with E-state index < -0.39 is 0 Å². The van der Waals surface area contributed by atoms with Gasteiger partial charge in [0.15, 0.2) is 0 Å². The molecule has 2 aromatic rings. The molecule has 0 bridgehead atoms. The first-order chi connectivity index (χ1) is 7.83. The highest BCUT2D eigenvalue weighted by molar-refractivity contribution is 9.10. The Balaban J connectivity index is 1.91. The first-order valence-corrected chi connectivity index (χ1v) is 6.31. The lowest BCUT2D eigenvalue weighted by Gasteiger charge is -2.06. The second-order valence-electron chi connectivity index (χ2n) is 4.25. The van der Waals surface area contributed by atoms with Gasteiger partial charge in [-0.05, 0) is 24.5 Å². The van der Waals surface area contributed by atoms with Crippen LogP contribution < -0.4 is 0 Å². The molecule has 3 rings (SSSR count). The third kappa shape index (κ3) is 1.87. The van der Waals surface area contributed by atoms with E-state index in [1.165, 1.54) is 0 Å². The zero-order valence-electron chi connectivity index (χ0n) is 8.90. The van der Waals surface area contributed by atoms with Gasteiger partial charge in [-0.2, -0.15) is 0 Å². The largest absolute Gasteiger partial charge is 0.381 e. The summed E-state index contributed by atoms with van der Waals surface area (Å²) >= 11 is 3.47. The van der Waals surface area contributed by atoms with E-state index in [-0.39, 0.29) is 0 Å². The molecule has 0 aromatic carbocycles. The van der Waals surface area contributed by atoms with Gasteiger partial charge in [-0.1, -0.05) is 15.9 Å². The zero-order chi connectivity index (χ0) is 11.0. The molecule has 3 heterocycles. The first-order valence-electron chi connectivity index (χ1n) is 5.52. The summed E-state index contributed by atoms with van der Waals surface area (Å²) in [5.41, 5.74) is 1.14. The van der Waals surface area contributed by atoms with Crippen LogP contribution in [0.1, 0.15) is 12.2 Å². The van der Waals surface area contributed by atoms with Crippen LogP contribution >= 0.6 is 15.9 Å². The second-order valence-corrected chi connectivity index (χ2v) is 5.16. The maximum Gasteiger partial charge on any atom is 0.113 e. The fourth-order valence-corrected chi connectivity index (χ4v) is 2.53. The van der Waals surface area contributed by atoms with E-state index in [0.717, 1.165) is 41.9 Å². The van der Waals surface area contributed by atoms with Crippen LogP contribution in [0.5, 0.6) is 0 Å². The van der Waals surface area contributed by atoms with Crippen LogP contribution in [-0.2, 0) is 11.2 Å². The van der Waals surface area contributed by atoms with Crippen molar-refractivity contribution in [1.29, 1.82) is 0 Å². The molecule has 4 heteroatoms. The van der Waals surface area contributed by atoms with Crippen LogP contribution in [0.4, 0.5) is 0 Å². The fourth-order valence-electron chi connectivity index (χ4n) is 2.18. The number of ether oxygens (including phenoxy) is 1. The predicted octanol–water partition coefficient (Wildman–Crippen LogP) is 2.68. The van der Waals surface area contributed by atoms with Gasteiger partial charge < -0.3 is 9.14 Å². The molecule has 1 saturated heterocycles. The molecule has 0 spiro atoms. The van der Waals surface area contributed by atoms with E-state index in [2.05, 4.69) is 37.6 Å². The summed E-state index contributed by atoms with van der Waals surface area (Å²) in [7, 11) is 0. The molecule has 1 atom stereocenters. The van der Waals surface area contributed by atoms with Gasteiger partial charge in [-0.15, -0.1) is 0 Å². The minimum atomic E-state index is 0.634. The van der Waals surface area contributed by atoms with E-state index in [9.17, 15) is 0 Å². The minimum Gasteiger partial charge on any atom is -0.381 e. The fraction of sp³-hybridized carbons (Fsp3) is 0.417. The van der Waals surface area contributed by atoms with Gasteiger partial charge in [-0.25, -0.2) is 4.98 Å². The molecular weight excluding hydrogens is 268 g/mol. The lowest BCUT2D eigenvalue weighted by atomic mass is 10.1. The molecule has 0 radical (unpaired) electrons. The number of nitrogens with zero attached hydrogens (tertiary/aromatic N) is 2.